The first-order valence-electron chi connectivity index (χ1n) is 13.4. The number of amides is 2. The van der Waals surface area contributed by atoms with Crippen molar-refractivity contribution in [2.24, 2.45) is 0 Å². The number of nitrogens with one attached hydrogen (secondary N) is 1. The van der Waals surface area contributed by atoms with Crippen molar-refractivity contribution in [3.05, 3.63) is 99.0 Å². The molecule has 0 saturated carbocycles. The molecule has 220 valence electrons. The summed E-state index contributed by atoms with van der Waals surface area (Å²) in [6.45, 7) is 6.97. The summed E-state index contributed by atoms with van der Waals surface area (Å²) in [7, 11) is -3.86. The molecule has 0 unspecified atom stereocenters. The van der Waals surface area contributed by atoms with E-state index < -0.39 is 28.5 Å². The third-order valence-electron chi connectivity index (χ3n) is 6.84. The van der Waals surface area contributed by atoms with E-state index in [2.05, 4.69) is 5.32 Å². The molecule has 7 nitrogen and oxygen atoms in total. The average Bonchev–Trinajstić information content (AvgIpc) is 2.89. The Morgan fingerprint density at radius 3 is 2.05 bits per heavy atom. The maximum Gasteiger partial charge on any atom is 0.244 e. The standard InChI is InChI=1S/C31H37Cl2N3O4S/c1-6-23(4)34-31(38)29(18-24-11-8-7-9-12-24)35(19-26-27(32)13-10-14-28(26)33)30(37)20-36(41(5,39)40)25-16-21(2)15-22(3)17-25/h7-17,23,29H,6,18-20H2,1-5H3,(H,34,38)/t23-,29+/m0/s1. The number of benzene rings is 3. The number of carbonyl (C=O) groups excluding carboxylic acids is 2. The van der Waals surface area contributed by atoms with Gasteiger partial charge in [-0.05, 0) is 68.1 Å². The van der Waals surface area contributed by atoms with Gasteiger partial charge >= 0.3 is 0 Å². The topological polar surface area (TPSA) is 86.8 Å². The van der Waals surface area contributed by atoms with Crippen molar-refractivity contribution in [1.82, 2.24) is 10.2 Å². The molecular formula is C31H37Cl2N3O4S. The Balaban J connectivity index is 2.13. The van der Waals surface area contributed by atoms with Gasteiger partial charge in [-0.1, -0.05) is 72.6 Å². The molecular weight excluding hydrogens is 581 g/mol. The first-order chi connectivity index (χ1) is 19.3. The summed E-state index contributed by atoms with van der Waals surface area (Å²) < 4.78 is 27.1. The molecule has 3 rings (SSSR count). The monoisotopic (exact) mass is 617 g/mol. The van der Waals surface area contributed by atoms with Gasteiger partial charge in [-0.2, -0.15) is 0 Å². The Kier molecular flexibility index (Phi) is 11.2. The zero-order chi connectivity index (χ0) is 30.3. The molecule has 0 spiro atoms. The molecule has 3 aromatic rings. The molecule has 0 radical (unpaired) electrons. The lowest BCUT2D eigenvalue weighted by molar-refractivity contribution is -0.140. The van der Waals surface area contributed by atoms with Crippen LogP contribution in [0.1, 0.15) is 42.5 Å². The molecule has 2 amide bonds. The fraction of sp³-hybridized carbons (Fsp3) is 0.355. The highest BCUT2D eigenvalue weighted by Gasteiger charge is 2.34. The van der Waals surface area contributed by atoms with Crippen LogP contribution in [0.2, 0.25) is 10.0 Å². The van der Waals surface area contributed by atoms with Crippen molar-refractivity contribution < 1.29 is 18.0 Å². The molecule has 0 fully saturated rings. The van der Waals surface area contributed by atoms with Crippen molar-refractivity contribution in [3.63, 3.8) is 0 Å². The maximum atomic E-state index is 14.2. The summed E-state index contributed by atoms with van der Waals surface area (Å²) in [5, 5.41) is 3.68. The van der Waals surface area contributed by atoms with Gasteiger partial charge in [0.1, 0.15) is 12.6 Å². The van der Waals surface area contributed by atoms with Gasteiger partial charge in [0.25, 0.3) is 0 Å². The van der Waals surface area contributed by atoms with Crippen LogP contribution in [0.4, 0.5) is 5.69 Å². The van der Waals surface area contributed by atoms with Gasteiger partial charge in [-0.3, -0.25) is 13.9 Å². The molecule has 0 bridgehead atoms. The molecule has 1 N–H and O–H groups in total. The van der Waals surface area contributed by atoms with E-state index in [0.29, 0.717) is 27.7 Å². The molecule has 0 aliphatic rings. The molecule has 0 aliphatic carbocycles. The van der Waals surface area contributed by atoms with Crippen molar-refractivity contribution >= 4 is 50.7 Å². The van der Waals surface area contributed by atoms with Crippen LogP contribution in [0.5, 0.6) is 0 Å². The van der Waals surface area contributed by atoms with E-state index in [4.69, 9.17) is 23.2 Å². The summed E-state index contributed by atoms with van der Waals surface area (Å²) in [5.41, 5.74) is 3.40. The summed E-state index contributed by atoms with van der Waals surface area (Å²) in [6, 6.07) is 18.6. The molecule has 10 heteroatoms. The third-order valence-corrected chi connectivity index (χ3v) is 8.68. The minimum atomic E-state index is -3.86. The summed E-state index contributed by atoms with van der Waals surface area (Å²) in [6.07, 6.45) is 1.96. The lowest BCUT2D eigenvalue weighted by Gasteiger charge is -2.34. The number of carbonyl (C=O) groups is 2. The number of anilines is 1. The molecule has 0 aliphatic heterocycles. The van der Waals surface area contributed by atoms with Gasteiger partial charge in [0.2, 0.25) is 21.8 Å². The minimum Gasteiger partial charge on any atom is -0.352 e. The highest BCUT2D eigenvalue weighted by Crippen LogP contribution is 2.28. The highest BCUT2D eigenvalue weighted by atomic mass is 35.5. The predicted octanol–water partition coefficient (Wildman–Crippen LogP) is 5.93. The Morgan fingerprint density at radius 2 is 1.51 bits per heavy atom. The second kappa shape index (κ2) is 14.2. The molecule has 0 saturated heterocycles. The molecule has 0 aromatic heterocycles. The quantitative estimate of drug-likeness (QED) is 0.273. The van der Waals surface area contributed by atoms with E-state index in [1.54, 1.807) is 30.3 Å². The SMILES string of the molecule is CC[C@H](C)NC(=O)[C@@H](Cc1ccccc1)N(Cc1c(Cl)cccc1Cl)C(=O)CN(c1cc(C)cc(C)c1)S(C)(=O)=O. The second-order valence-corrected chi connectivity index (χ2v) is 13.1. The van der Waals surface area contributed by atoms with Gasteiger partial charge in [0.05, 0.1) is 11.9 Å². The smallest absolute Gasteiger partial charge is 0.244 e. The zero-order valence-corrected chi connectivity index (χ0v) is 26.4. The summed E-state index contributed by atoms with van der Waals surface area (Å²) >= 11 is 13.0. The maximum absolute atomic E-state index is 14.2. The van der Waals surface area contributed by atoms with Crippen LogP contribution >= 0.6 is 23.2 Å². The number of sulfonamides is 1. The number of nitrogens with zero attached hydrogens (tertiary/aromatic N) is 2. The lowest BCUT2D eigenvalue weighted by atomic mass is 10.0. The van der Waals surface area contributed by atoms with Crippen LogP contribution in [0.15, 0.2) is 66.7 Å². The van der Waals surface area contributed by atoms with Crippen LogP contribution in [0, 0.1) is 13.8 Å². The Bertz CT molecular complexity index is 1440. The Morgan fingerprint density at radius 1 is 0.927 bits per heavy atom. The largest absolute Gasteiger partial charge is 0.352 e. The van der Waals surface area contributed by atoms with E-state index in [9.17, 15) is 18.0 Å². The van der Waals surface area contributed by atoms with Crippen LogP contribution in [0.25, 0.3) is 0 Å². The number of rotatable bonds is 12. The molecule has 3 aromatic carbocycles. The van der Waals surface area contributed by atoms with Crippen LogP contribution in [-0.4, -0.2) is 50.0 Å². The van der Waals surface area contributed by atoms with Gasteiger partial charge in [-0.25, -0.2) is 8.42 Å². The fourth-order valence-corrected chi connectivity index (χ4v) is 5.91. The summed E-state index contributed by atoms with van der Waals surface area (Å²) in [5.74, 6) is -0.914. The Hall–Kier alpha value is -3.07. The minimum absolute atomic E-state index is 0.0901. The van der Waals surface area contributed by atoms with Crippen molar-refractivity contribution in [3.8, 4) is 0 Å². The predicted molar refractivity (Wildman–Crippen MR) is 167 cm³/mol. The van der Waals surface area contributed by atoms with Crippen molar-refractivity contribution in [2.75, 3.05) is 17.1 Å². The van der Waals surface area contributed by atoms with Crippen molar-refractivity contribution in [1.29, 1.82) is 0 Å². The lowest BCUT2D eigenvalue weighted by Crippen LogP contribution is -2.54. The highest BCUT2D eigenvalue weighted by molar-refractivity contribution is 7.92. The average molecular weight is 619 g/mol. The Labute approximate surface area is 253 Å². The van der Waals surface area contributed by atoms with E-state index in [-0.39, 0.29) is 24.9 Å². The van der Waals surface area contributed by atoms with Gasteiger partial charge in [0.15, 0.2) is 0 Å². The van der Waals surface area contributed by atoms with Crippen molar-refractivity contribution in [2.45, 2.75) is 59.2 Å². The molecule has 2 atom stereocenters. The third kappa shape index (κ3) is 8.96. The number of halogens is 2. The van der Waals surface area contributed by atoms with E-state index in [1.165, 1.54) is 4.90 Å². The van der Waals surface area contributed by atoms with Crippen LogP contribution in [-0.2, 0) is 32.6 Å². The van der Waals surface area contributed by atoms with Gasteiger partial charge in [-0.15, -0.1) is 0 Å². The first-order valence-corrected chi connectivity index (χ1v) is 16.0. The van der Waals surface area contributed by atoms with E-state index >= 15 is 0 Å². The number of hydrogen-bond acceptors (Lipinski definition) is 4. The van der Waals surface area contributed by atoms with Gasteiger partial charge < -0.3 is 10.2 Å². The second-order valence-electron chi connectivity index (χ2n) is 10.4. The van der Waals surface area contributed by atoms with E-state index in [0.717, 1.165) is 27.3 Å². The zero-order valence-electron chi connectivity index (χ0n) is 24.0. The number of hydrogen-bond donors (Lipinski definition) is 1. The molecule has 0 heterocycles. The summed E-state index contributed by atoms with van der Waals surface area (Å²) in [4.78, 5) is 29.4. The van der Waals surface area contributed by atoms with Crippen LogP contribution in [0.3, 0.4) is 0 Å². The van der Waals surface area contributed by atoms with Gasteiger partial charge in [0, 0.05) is 34.6 Å². The normalized spacial score (nSPS) is 12.9. The first kappa shape index (κ1) is 32.4. The van der Waals surface area contributed by atoms with Crippen LogP contribution < -0.4 is 9.62 Å². The molecule has 41 heavy (non-hydrogen) atoms. The van der Waals surface area contributed by atoms with E-state index in [1.807, 2.05) is 64.1 Å². The fourth-order valence-electron chi connectivity index (χ4n) is 4.56. The number of aryl methyl sites for hydroxylation is 2.